The van der Waals surface area contributed by atoms with Gasteiger partial charge in [-0.15, -0.1) is 11.3 Å². The van der Waals surface area contributed by atoms with Crippen LogP contribution in [0, 0.1) is 6.92 Å². The molecule has 3 heterocycles. The van der Waals surface area contributed by atoms with E-state index >= 15 is 0 Å². The molecule has 2 aromatic rings. The summed E-state index contributed by atoms with van der Waals surface area (Å²) in [5.41, 5.74) is 1.24. The average molecular weight is 466 g/mol. The lowest BCUT2D eigenvalue weighted by atomic mass is 9.97. The summed E-state index contributed by atoms with van der Waals surface area (Å²) in [7, 11) is 3.41. The van der Waals surface area contributed by atoms with Crippen molar-refractivity contribution in [3.8, 4) is 0 Å². The van der Waals surface area contributed by atoms with Crippen molar-refractivity contribution >= 4 is 29.0 Å². The first-order chi connectivity index (χ1) is 15.5. The van der Waals surface area contributed by atoms with Crippen LogP contribution >= 0.6 is 11.3 Å². The molecule has 0 bridgehead atoms. The second kappa shape index (κ2) is 12.0. The summed E-state index contributed by atoms with van der Waals surface area (Å²) in [5.74, 6) is 0.634. The predicted molar refractivity (Wildman–Crippen MR) is 120 cm³/mol. The highest BCUT2D eigenvalue weighted by Crippen LogP contribution is 2.30. The molecule has 0 aromatic carbocycles. The molecule has 1 N–H and O–H groups in total. The number of methoxy groups -OCH3 is 1. The molecule has 176 valence electrons. The fourth-order valence-corrected chi connectivity index (χ4v) is 4.45. The van der Waals surface area contributed by atoms with Crippen LogP contribution in [0.2, 0.25) is 0 Å². The van der Waals surface area contributed by atoms with E-state index in [1.807, 2.05) is 17.9 Å². The van der Waals surface area contributed by atoms with Crippen LogP contribution in [0.1, 0.15) is 39.9 Å². The summed E-state index contributed by atoms with van der Waals surface area (Å²) >= 11 is 1.49. The first-order valence-electron chi connectivity index (χ1n) is 10.7. The monoisotopic (exact) mass is 465 g/mol. The molecule has 1 fully saturated rings. The summed E-state index contributed by atoms with van der Waals surface area (Å²) in [6.07, 6.45) is 1.64. The van der Waals surface area contributed by atoms with Crippen molar-refractivity contribution in [1.82, 2.24) is 19.7 Å². The zero-order valence-corrected chi connectivity index (χ0v) is 19.7. The van der Waals surface area contributed by atoms with Gasteiger partial charge in [-0.25, -0.2) is 4.98 Å². The van der Waals surface area contributed by atoms with E-state index in [0.29, 0.717) is 51.0 Å². The van der Waals surface area contributed by atoms with E-state index in [1.54, 1.807) is 24.2 Å². The van der Waals surface area contributed by atoms with Gasteiger partial charge in [0.25, 0.3) is 5.91 Å². The highest BCUT2D eigenvalue weighted by molar-refractivity contribution is 7.10. The number of thiazole rings is 1. The van der Waals surface area contributed by atoms with Gasteiger partial charge in [0.05, 0.1) is 37.1 Å². The molecule has 2 aromatic heterocycles. The third-order valence-electron chi connectivity index (χ3n) is 5.22. The number of aryl methyl sites for hydroxylation is 2. The molecule has 32 heavy (non-hydrogen) atoms. The minimum Gasteiger partial charge on any atom is -0.382 e. The van der Waals surface area contributed by atoms with E-state index in [4.69, 9.17) is 14.2 Å². The molecular formula is C21H31N5O5S. The number of nitrogens with zero attached hydrogens (tertiary/aromatic N) is 4. The lowest BCUT2D eigenvalue weighted by Gasteiger charge is -2.31. The normalized spacial score (nSPS) is 14.7. The third-order valence-corrected chi connectivity index (χ3v) is 6.23. The molecule has 2 amide bonds. The zero-order chi connectivity index (χ0) is 22.9. The number of carbonyl (C=O) groups is 2. The van der Waals surface area contributed by atoms with Gasteiger partial charge in [-0.1, -0.05) is 0 Å². The largest absolute Gasteiger partial charge is 0.382 e. The maximum absolute atomic E-state index is 12.5. The number of rotatable bonds is 11. The molecular weight excluding hydrogens is 434 g/mol. The molecule has 0 saturated carbocycles. The van der Waals surface area contributed by atoms with Crippen LogP contribution in [-0.4, -0.2) is 84.7 Å². The molecule has 1 saturated heterocycles. The van der Waals surface area contributed by atoms with Gasteiger partial charge in [0.1, 0.15) is 18.1 Å². The number of likely N-dealkylation sites (tertiary alicyclic amines) is 1. The second-order valence-electron chi connectivity index (χ2n) is 7.63. The number of ether oxygens (including phenoxy) is 3. The van der Waals surface area contributed by atoms with Crippen LogP contribution < -0.4 is 5.32 Å². The highest BCUT2D eigenvalue weighted by Gasteiger charge is 2.26. The van der Waals surface area contributed by atoms with Gasteiger partial charge in [-0.2, -0.15) is 5.10 Å². The fraction of sp³-hybridized carbons (Fsp3) is 0.619. The van der Waals surface area contributed by atoms with Crippen molar-refractivity contribution in [2.45, 2.75) is 25.7 Å². The summed E-state index contributed by atoms with van der Waals surface area (Å²) in [4.78, 5) is 31.2. The molecule has 1 aliphatic heterocycles. The predicted octanol–water partition coefficient (Wildman–Crippen LogP) is 1.82. The standard InChI is InChI=1S/C21H31N5O5S/c1-15-12-18(25(2)24-15)23-20(28)17-14-32-21(22-17)16-4-6-26(7-5-16)19(27)13-31-11-10-30-9-8-29-3/h12,14,16H,4-11,13H2,1-3H3,(H,23,28). The van der Waals surface area contributed by atoms with Crippen LogP contribution in [0.3, 0.4) is 0 Å². The Kier molecular flexibility index (Phi) is 9.15. The topological polar surface area (TPSA) is 108 Å². The Morgan fingerprint density at radius 3 is 2.59 bits per heavy atom. The Hall–Kier alpha value is -2.34. The number of nitrogens with one attached hydrogen (secondary N) is 1. The molecule has 3 rings (SSSR count). The van der Waals surface area contributed by atoms with Crippen molar-refractivity contribution in [2.75, 3.05) is 58.6 Å². The molecule has 10 nitrogen and oxygen atoms in total. The molecule has 11 heteroatoms. The minimum atomic E-state index is -0.244. The fourth-order valence-electron chi connectivity index (χ4n) is 3.48. The Balaban J connectivity index is 1.40. The maximum Gasteiger partial charge on any atom is 0.276 e. The van der Waals surface area contributed by atoms with E-state index in [9.17, 15) is 9.59 Å². The zero-order valence-electron chi connectivity index (χ0n) is 18.8. The van der Waals surface area contributed by atoms with Crippen molar-refractivity contribution in [1.29, 1.82) is 0 Å². The summed E-state index contributed by atoms with van der Waals surface area (Å²) in [6.45, 7) is 5.14. The Bertz CT molecular complexity index is 891. The number of aromatic nitrogens is 3. The van der Waals surface area contributed by atoms with E-state index < -0.39 is 0 Å². The van der Waals surface area contributed by atoms with Gasteiger partial charge in [0.15, 0.2) is 0 Å². The molecule has 0 spiro atoms. The SMILES string of the molecule is COCCOCCOCC(=O)N1CCC(c2nc(C(=O)Nc3cc(C)nn3C)cs2)CC1. The van der Waals surface area contributed by atoms with Crippen LogP contribution in [0.25, 0.3) is 0 Å². The quantitative estimate of drug-likeness (QED) is 0.504. The number of carbonyl (C=O) groups excluding carboxylic acids is 2. The van der Waals surface area contributed by atoms with Gasteiger partial charge < -0.3 is 24.4 Å². The van der Waals surface area contributed by atoms with Crippen LogP contribution in [0.15, 0.2) is 11.4 Å². The summed E-state index contributed by atoms with van der Waals surface area (Å²) < 4.78 is 17.2. The van der Waals surface area contributed by atoms with Gasteiger partial charge >= 0.3 is 0 Å². The van der Waals surface area contributed by atoms with Crippen LogP contribution in [0.5, 0.6) is 0 Å². The maximum atomic E-state index is 12.5. The molecule has 0 atom stereocenters. The van der Waals surface area contributed by atoms with E-state index in [-0.39, 0.29) is 24.3 Å². The lowest BCUT2D eigenvalue weighted by molar-refractivity contribution is -0.137. The summed E-state index contributed by atoms with van der Waals surface area (Å²) in [5, 5.41) is 9.80. The molecule has 0 unspecified atom stereocenters. The van der Waals surface area contributed by atoms with Crippen molar-refractivity contribution in [3.05, 3.63) is 27.8 Å². The number of piperidine rings is 1. The van der Waals surface area contributed by atoms with Crippen LogP contribution in [-0.2, 0) is 26.1 Å². The Labute approximate surface area is 191 Å². The van der Waals surface area contributed by atoms with E-state index in [0.717, 1.165) is 23.5 Å². The van der Waals surface area contributed by atoms with E-state index in [1.165, 1.54) is 11.3 Å². The van der Waals surface area contributed by atoms with Crippen molar-refractivity contribution in [3.63, 3.8) is 0 Å². The van der Waals surface area contributed by atoms with Crippen molar-refractivity contribution < 1.29 is 23.8 Å². The van der Waals surface area contributed by atoms with Gasteiger partial charge in [-0.3, -0.25) is 14.3 Å². The smallest absolute Gasteiger partial charge is 0.276 e. The molecule has 0 radical (unpaired) electrons. The summed E-state index contributed by atoms with van der Waals surface area (Å²) in [6, 6.07) is 1.82. The third kappa shape index (κ3) is 6.83. The Morgan fingerprint density at radius 1 is 1.19 bits per heavy atom. The van der Waals surface area contributed by atoms with Gasteiger partial charge in [-0.05, 0) is 19.8 Å². The first-order valence-corrected chi connectivity index (χ1v) is 11.6. The number of anilines is 1. The Morgan fingerprint density at radius 2 is 1.91 bits per heavy atom. The van der Waals surface area contributed by atoms with Crippen molar-refractivity contribution in [2.24, 2.45) is 7.05 Å². The first kappa shape index (κ1) is 24.3. The molecule has 0 aliphatic carbocycles. The molecule has 1 aliphatic rings. The second-order valence-corrected chi connectivity index (χ2v) is 8.52. The van der Waals surface area contributed by atoms with Gasteiger partial charge in [0.2, 0.25) is 5.91 Å². The average Bonchev–Trinajstić information content (AvgIpc) is 3.39. The van der Waals surface area contributed by atoms with E-state index in [2.05, 4.69) is 15.4 Å². The van der Waals surface area contributed by atoms with Crippen LogP contribution in [0.4, 0.5) is 5.82 Å². The van der Waals surface area contributed by atoms with Gasteiger partial charge in [0, 0.05) is 44.6 Å². The number of amides is 2. The lowest BCUT2D eigenvalue weighted by Crippen LogP contribution is -2.40. The highest BCUT2D eigenvalue weighted by atomic mass is 32.1. The number of hydrogen-bond acceptors (Lipinski definition) is 8. The minimum absolute atomic E-state index is 0.00832. The number of hydrogen-bond donors (Lipinski definition) is 1.